The van der Waals surface area contributed by atoms with E-state index in [1.54, 1.807) is 0 Å². The minimum atomic E-state index is -1.26. The molecule has 0 saturated carbocycles. The van der Waals surface area contributed by atoms with Crippen LogP contribution in [0.3, 0.4) is 0 Å². The van der Waals surface area contributed by atoms with Gasteiger partial charge in [0.25, 0.3) is 0 Å². The van der Waals surface area contributed by atoms with Gasteiger partial charge in [0.2, 0.25) is 0 Å². The molecule has 1 aromatic carbocycles. The SMILES string of the molecule is Brc1c2c(cc3c1CCCO3)CCNCC2.O=C(O)/C=C/C(=O)O. The van der Waals surface area contributed by atoms with Gasteiger partial charge in [-0.05, 0) is 56.0 Å². The van der Waals surface area contributed by atoms with Gasteiger partial charge in [-0.2, -0.15) is 0 Å². The first-order chi connectivity index (χ1) is 11.5. The van der Waals surface area contributed by atoms with Crippen LogP contribution >= 0.6 is 15.9 Å². The summed E-state index contributed by atoms with van der Waals surface area (Å²) in [6, 6.07) is 2.27. The Bertz CT molecular complexity index is 641. The fourth-order valence-electron chi connectivity index (χ4n) is 2.75. The Hall–Kier alpha value is -1.86. The van der Waals surface area contributed by atoms with Crippen molar-refractivity contribution in [1.82, 2.24) is 5.32 Å². The highest BCUT2D eigenvalue weighted by Crippen LogP contribution is 2.37. The number of rotatable bonds is 2. The maximum atomic E-state index is 9.55. The molecule has 3 rings (SSSR count). The molecular weight excluding hydrogens is 378 g/mol. The number of nitrogens with one attached hydrogen (secondary N) is 1. The number of benzene rings is 1. The summed E-state index contributed by atoms with van der Waals surface area (Å²) in [6.07, 6.45) is 5.65. The van der Waals surface area contributed by atoms with Crippen LogP contribution in [0.1, 0.15) is 23.1 Å². The molecule has 0 amide bonds. The lowest BCUT2D eigenvalue weighted by atomic mass is 9.96. The second-order valence-electron chi connectivity index (χ2n) is 5.52. The van der Waals surface area contributed by atoms with E-state index >= 15 is 0 Å². The van der Waals surface area contributed by atoms with E-state index in [-0.39, 0.29) is 0 Å². The van der Waals surface area contributed by atoms with Crippen LogP contribution < -0.4 is 10.1 Å². The van der Waals surface area contributed by atoms with Crippen molar-refractivity contribution in [2.24, 2.45) is 0 Å². The largest absolute Gasteiger partial charge is 0.493 e. The van der Waals surface area contributed by atoms with E-state index in [0.29, 0.717) is 12.2 Å². The van der Waals surface area contributed by atoms with E-state index in [1.165, 1.54) is 21.2 Å². The lowest BCUT2D eigenvalue weighted by molar-refractivity contribution is -0.134. The number of aliphatic carboxylic acids is 2. The highest BCUT2D eigenvalue weighted by atomic mass is 79.9. The van der Waals surface area contributed by atoms with Crippen LogP contribution in [0.15, 0.2) is 22.7 Å². The number of halogens is 1. The Morgan fingerprint density at radius 3 is 2.42 bits per heavy atom. The van der Waals surface area contributed by atoms with Gasteiger partial charge in [0, 0.05) is 22.2 Å². The number of carboxylic acid groups (broad SMARTS) is 2. The molecule has 6 nitrogen and oxygen atoms in total. The zero-order valence-corrected chi connectivity index (χ0v) is 14.8. The van der Waals surface area contributed by atoms with Gasteiger partial charge in [-0.1, -0.05) is 15.9 Å². The monoisotopic (exact) mass is 397 g/mol. The molecule has 0 fully saturated rings. The Kier molecular flexibility index (Phi) is 6.81. The normalized spacial score (nSPS) is 16.0. The number of hydrogen-bond acceptors (Lipinski definition) is 4. The number of hydrogen-bond donors (Lipinski definition) is 3. The third kappa shape index (κ3) is 5.07. The molecule has 0 spiro atoms. The van der Waals surface area contributed by atoms with Crippen molar-refractivity contribution < 1.29 is 24.5 Å². The van der Waals surface area contributed by atoms with Crippen LogP contribution in [0.25, 0.3) is 0 Å². The van der Waals surface area contributed by atoms with E-state index in [4.69, 9.17) is 14.9 Å². The van der Waals surface area contributed by atoms with Gasteiger partial charge in [0.1, 0.15) is 5.75 Å². The van der Waals surface area contributed by atoms with Crippen LogP contribution in [-0.2, 0) is 28.9 Å². The number of carboxylic acids is 2. The summed E-state index contributed by atoms with van der Waals surface area (Å²) in [5.74, 6) is -1.40. The molecule has 1 aromatic rings. The zero-order chi connectivity index (χ0) is 17.5. The van der Waals surface area contributed by atoms with Gasteiger partial charge in [-0.3, -0.25) is 0 Å². The first kappa shape index (κ1) is 18.5. The molecule has 3 N–H and O–H groups in total. The second kappa shape index (κ2) is 8.84. The average molecular weight is 398 g/mol. The van der Waals surface area contributed by atoms with Crippen LogP contribution in [0, 0.1) is 0 Å². The lowest BCUT2D eigenvalue weighted by Crippen LogP contribution is -2.16. The topological polar surface area (TPSA) is 95.9 Å². The van der Waals surface area contributed by atoms with Crippen molar-refractivity contribution in [3.05, 3.63) is 39.4 Å². The fourth-order valence-corrected chi connectivity index (χ4v) is 3.60. The van der Waals surface area contributed by atoms with Crippen molar-refractivity contribution >= 4 is 27.9 Å². The van der Waals surface area contributed by atoms with E-state index in [1.807, 2.05) is 0 Å². The predicted octanol–water partition coefficient (Wildman–Crippen LogP) is 2.17. The molecule has 0 unspecified atom stereocenters. The number of fused-ring (bicyclic) bond motifs is 2. The standard InChI is InChI=1S/C13H16BrNO.C4H4O4/c14-13-10-4-6-15-5-3-9(10)8-12-11(13)2-1-7-16-12;5-3(6)1-2-4(7)8/h8,15H,1-7H2;1-2H,(H,5,6)(H,7,8)/b;2-1+. The molecule has 130 valence electrons. The number of ether oxygens (including phenoxy) is 1. The van der Waals surface area contributed by atoms with Gasteiger partial charge in [-0.25, -0.2) is 9.59 Å². The molecule has 0 aliphatic carbocycles. The molecule has 0 radical (unpaired) electrons. The Labute approximate surface area is 148 Å². The Balaban J connectivity index is 0.000000224. The van der Waals surface area contributed by atoms with E-state index in [0.717, 1.165) is 51.1 Å². The first-order valence-corrected chi connectivity index (χ1v) is 8.59. The van der Waals surface area contributed by atoms with E-state index < -0.39 is 11.9 Å². The summed E-state index contributed by atoms with van der Waals surface area (Å²) in [4.78, 5) is 19.1. The van der Waals surface area contributed by atoms with Crippen LogP contribution in [0.5, 0.6) is 5.75 Å². The number of carbonyl (C=O) groups is 2. The predicted molar refractivity (Wildman–Crippen MR) is 92.6 cm³/mol. The molecule has 0 aromatic heterocycles. The van der Waals surface area contributed by atoms with Gasteiger partial charge in [0.15, 0.2) is 0 Å². The van der Waals surface area contributed by atoms with Crippen LogP contribution in [0.2, 0.25) is 0 Å². The van der Waals surface area contributed by atoms with Crippen molar-refractivity contribution in [1.29, 1.82) is 0 Å². The smallest absolute Gasteiger partial charge is 0.328 e. The molecule has 0 atom stereocenters. The van der Waals surface area contributed by atoms with Crippen molar-refractivity contribution in [3.63, 3.8) is 0 Å². The maximum Gasteiger partial charge on any atom is 0.328 e. The van der Waals surface area contributed by atoms with Gasteiger partial charge in [0.05, 0.1) is 6.61 Å². The summed E-state index contributed by atoms with van der Waals surface area (Å²) in [5.41, 5.74) is 4.33. The van der Waals surface area contributed by atoms with Crippen LogP contribution in [-0.4, -0.2) is 41.8 Å². The Morgan fingerprint density at radius 1 is 1.08 bits per heavy atom. The molecule has 2 aliphatic rings. The summed E-state index contributed by atoms with van der Waals surface area (Å²) in [6.45, 7) is 3.04. The van der Waals surface area contributed by atoms with Crippen molar-refractivity contribution in [3.8, 4) is 5.75 Å². The molecule has 2 heterocycles. The lowest BCUT2D eigenvalue weighted by Gasteiger charge is -2.22. The van der Waals surface area contributed by atoms with Crippen LogP contribution in [0.4, 0.5) is 0 Å². The molecule has 2 aliphatic heterocycles. The summed E-state index contributed by atoms with van der Waals surface area (Å²) < 4.78 is 7.07. The minimum Gasteiger partial charge on any atom is -0.493 e. The summed E-state index contributed by atoms with van der Waals surface area (Å²) >= 11 is 3.78. The maximum absolute atomic E-state index is 9.55. The van der Waals surface area contributed by atoms with Gasteiger partial charge in [-0.15, -0.1) is 0 Å². The molecule has 0 bridgehead atoms. The summed E-state index contributed by atoms with van der Waals surface area (Å²) in [7, 11) is 0. The highest BCUT2D eigenvalue weighted by molar-refractivity contribution is 9.10. The third-order valence-corrected chi connectivity index (χ3v) is 4.80. The molecular formula is C17H20BrNO5. The van der Waals surface area contributed by atoms with Gasteiger partial charge >= 0.3 is 11.9 Å². The van der Waals surface area contributed by atoms with Crippen molar-refractivity contribution in [2.75, 3.05) is 19.7 Å². The molecule has 0 saturated heterocycles. The second-order valence-corrected chi connectivity index (χ2v) is 6.31. The highest BCUT2D eigenvalue weighted by Gasteiger charge is 2.20. The zero-order valence-electron chi connectivity index (χ0n) is 13.2. The Morgan fingerprint density at radius 2 is 1.75 bits per heavy atom. The van der Waals surface area contributed by atoms with E-state index in [2.05, 4.69) is 27.3 Å². The van der Waals surface area contributed by atoms with Gasteiger partial charge < -0.3 is 20.3 Å². The average Bonchev–Trinajstić information content (AvgIpc) is 2.79. The summed E-state index contributed by atoms with van der Waals surface area (Å²) in [5, 5.41) is 19.1. The molecule has 7 heteroatoms. The van der Waals surface area contributed by atoms with E-state index in [9.17, 15) is 9.59 Å². The first-order valence-electron chi connectivity index (χ1n) is 7.79. The third-order valence-electron chi connectivity index (χ3n) is 3.84. The quantitative estimate of drug-likeness (QED) is 0.661. The minimum absolute atomic E-state index is 0.558. The fraction of sp³-hybridized carbons (Fsp3) is 0.412. The molecule has 24 heavy (non-hydrogen) atoms. The van der Waals surface area contributed by atoms with Crippen molar-refractivity contribution in [2.45, 2.75) is 25.7 Å².